The van der Waals surface area contributed by atoms with E-state index >= 15 is 0 Å². The number of carboxylic acid groups (broad SMARTS) is 1. The molecule has 1 rings (SSSR count). The van der Waals surface area contributed by atoms with Crippen molar-refractivity contribution >= 4 is 33.2 Å². The van der Waals surface area contributed by atoms with Crippen LogP contribution >= 0.6 is 27.3 Å². The zero-order chi connectivity index (χ0) is 8.43. The predicted molar refractivity (Wildman–Crippen MR) is 45.5 cm³/mol. The molecule has 0 aliphatic heterocycles. The van der Waals surface area contributed by atoms with Crippen molar-refractivity contribution in [1.29, 1.82) is 0 Å². The fourth-order valence-electron chi connectivity index (χ4n) is 0.646. The summed E-state index contributed by atoms with van der Waals surface area (Å²) < 4.78 is 5.59. The summed E-state index contributed by atoms with van der Waals surface area (Å²) >= 11 is 4.42. The second kappa shape index (κ2) is 3.23. The van der Waals surface area contributed by atoms with E-state index in [0.29, 0.717) is 5.06 Å². The van der Waals surface area contributed by atoms with Gasteiger partial charge in [-0.3, -0.25) is 0 Å². The zero-order valence-electron chi connectivity index (χ0n) is 5.63. The molecule has 60 valence electrons. The van der Waals surface area contributed by atoms with E-state index in [-0.39, 0.29) is 5.56 Å². The maximum Gasteiger partial charge on any atom is 0.340 e. The average molecular weight is 237 g/mol. The summed E-state index contributed by atoms with van der Waals surface area (Å²) in [6.45, 7) is 0. The van der Waals surface area contributed by atoms with Gasteiger partial charge in [0.15, 0.2) is 5.06 Å². The molecule has 0 amide bonds. The van der Waals surface area contributed by atoms with Crippen LogP contribution in [0.25, 0.3) is 0 Å². The summed E-state index contributed by atoms with van der Waals surface area (Å²) in [5, 5.41) is 9.04. The maximum atomic E-state index is 10.5. The van der Waals surface area contributed by atoms with E-state index in [9.17, 15) is 4.79 Å². The lowest BCUT2D eigenvalue weighted by atomic mass is 10.3. The number of hydrogen-bond acceptors (Lipinski definition) is 3. The van der Waals surface area contributed by atoms with E-state index in [4.69, 9.17) is 9.84 Å². The van der Waals surface area contributed by atoms with Crippen molar-refractivity contribution in [3.05, 3.63) is 15.4 Å². The standard InChI is InChI=1S/C6H5BrO3S/c1-10-6-3(5(8)9)2-4(7)11-6/h2H,1H3,(H,8,9). The first-order chi connectivity index (χ1) is 5.15. The van der Waals surface area contributed by atoms with Gasteiger partial charge in [-0.05, 0) is 22.0 Å². The second-order valence-corrected chi connectivity index (χ2v) is 4.15. The van der Waals surface area contributed by atoms with E-state index in [2.05, 4.69) is 15.9 Å². The smallest absolute Gasteiger partial charge is 0.340 e. The number of aromatic carboxylic acids is 1. The monoisotopic (exact) mass is 236 g/mol. The molecular weight excluding hydrogens is 232 g/mol. The molecule has 0 aromatic carbocycles. The molecule has 0 saturated heterocycles. The number of carboxylic acids is 1. The predicted octanol–water partition coefficient (Wildman–Crippen LogP) is 2.22. The van der Waals surface area contributed by atoms with Gasteiger partial charge in [0.1, 0.15) is 5.56 Å². The number of rotatable bonds is 2. The molecule has 0 radical (unpaired) electrons. The Kier molecular flexibility index (Phi) is 2.51. The molecule has 0 fully saturated rings. The Morgan fingerprint density at radius 3 is 2.82 bits per heavy atom. The molecule has 0 bridgehead atoms. The van der Waals surface area contributed by atoms with Crippen LogP contribution in [0, 0.1) is 0 Å². The Bertz CT molecular complexity index is 281. The molecule has 1 aromatic rings. The number of thiophene rings is 1. The molecule has 0 aliphatic rings. The molecule has 1 N–H and O–H groups in total. The molecule has 0 aliphatic carbocycles. The highest BCUT2D eigenvalue weighted by molar-refractivity contribution is 9.11. The number of halogens is 1. The van der Waals surface area contributed by atoms with Crippen molar-refractivity contribution in [2.45, 2.75) is 0 Å². The van der Waals surface area contributed by atoms with Gasteiger partial charge in [-0.25, -0.2) is 4.79 Å². The quantitative estimate of drug-likeness (QED) is 0.857. The summed E-state index contributed by atoms with van der Waals surface area (Å²) in [6.07, 6.45) is 0. The van der Waals surface area contributed by atoms with Crippen LogP contribution in [0.3, 0.4) is 0 Å². The van der Waals surface area contributed by atoms with Crippen LogP contribution < -0.4 is 4.74 Å². The molecular formula is C6H5BrO3S. The summed E-state index contributed by atoms with van der Waals surface area (Å²) in [6, 6.07) is 1.52. The van der Waals surface area contributed by atoms with Crippen molar-refractivity contribution in [2.24, 2.45) is 0 Å². The van der Waals surface area contributed by atoms with Crippen molar-refractivity contribution < 1.29 is 14.6 Å². The third kappa shape index (κ3) is 1.72. The van der Waals surface area contributed by atoms with Crippen molar-refractivity contribution in [1.82, 2.24) is 0 Å². The van der Waals surface area contributed by atoms with Crippen LogP contribution in [0.15, 0.2) is 9.85 Å². The van der Waals surface area contributed by atoms with Gasteiger partial charge in [0.2, 0.25) is 0 Å². The van der Waals surface area contributed by atoms with Crippen LogP contribution in [0.2, 0.25) is 0 Å². The largest absolute Gasteiger partial charge is 0.487 e. The minimum Gasteiger partial charge on any atom is -0.487 e. The molecule has 1 heterocycles. The van der Waals surface area contributed by atoms with Gasteiger partial charge in [0.05, 0.1) is 10.9 Å². The van der Waals surface area contributed by atoms with Crippen LogP contribution in [-0.2, 0) is 0 Å². The van der Waals surface area contributed by atoms with E-state index in [0.717, 1.165) is 3.79 Å². The van der Waals surface area contributed by atoms with Gasteiger partial charge < -0.3 is 9.84 Å². The highest BCUT2D eigenvalue weighted by Gasteiger charge is 2.13. The SMILES string of the molecule is COc1sc(Br)cc1C(=O)O. The van der Waals surface area contributed by atoms with Gasteiger partial charge in [-0.2, -0.15) is 0 Å². The van der Waals surface area contributed by atoms with Crippen LogP contribution in [0.4, 0.5) is 0 Å². The van der Waals surface area contributed by atoms with E-state index in [1.54, 1.807) is 0 Å². The molecule has 3 nitrogen and oxygen atoms in total. The molecule has 0 spiro atoms. The Morgan fingerprint density at radius 2 is 2.45 bits per heavy atom. The van der Waals surface area contributed by atoms with Crippen molar-refractivity contribution in [3.63, 3.8) is 0 Å². The van der Waals surface area contributed by atoms with Crippen molar-refractivity contribution in [3.8, 4) is 5.06 Å². The summed E-state index contributed by atoms with van der Waals surface area (Å²) in [4.78, 5) is 10.5. The number of carbonyl (C=O) groups is 1. The maximum absolute atomic E-state index is 10.5. The van der Waals surface area contributed by atoms with Crippen LogP contribution in [-0.4, -0.2) is 18.2 Å². The van der Waals surface area contributed by atoms with E-state index in [1.807, 2.05) is 0 Å². The minimum absolute atomic E-state index is 0.198. The lowest BCUT2D eigenvalue weighted by Crippen LogP contribution is -1.95. The fraction of sp³-hybridized carbons (Fsp3) is 0.167. The zero-order valence-corrected chi connectivity index (χ0v) is 8.03. The van der Waals surface area contributed by atoms with Crippen LogP contribution in [0.1, 0.15) is 10.4 Å². The summed E-state index contributed by atoms with van der Waals surface area (Å²) in [5.74, 6) is -0.969. The lowest BCUT2D eigenvalue weighted by molar-refractivity contribution is 0.0694. The third-order valence-corrected chi connectivity index (χ3v) is 2.68. The van der Waals surface area contributed by atoms with Gasteiger partial charge in [0.25, 0.3) is 0 Å². The number of ether oxygens (including phenoxy) is 1. The first-order valence-electron chi connectivity index (χ1n) is 2.71. The van der Waals surface area contributed by atoms with Gasteiger partial charge in [0, 0.05) is 0 Å². The summed E-state index contributed by atoms with van der Waals surface area (Å²) in [5.41, 5.74) is 0.198. The first kappa shape index (κ1) is 8.55. The van der Waals surface area contributed by atoms with Crippen LogP contribution in [0.5, 0.6) is 5.06 Å². The molecule has 0 unspecified atom stereocenters. The van der Waals surface area contributed by atoms with Crippen molar-refractivity contribution in [2.75, 3.05) is 7.11 Å². The Balaban J connectivity index is 3.12. The molecule has 0 saturated carbocycles. The molecule has 11 heavy (non-hydrogen) atoms. The molecule has 1 aromatic heterocycles. The normalized spacial score (nSPS) is 9.64. The van der Waals surface area contributed by atoms with Gasteiger partial charge >= 0.3 is 5.97 Å². The minimum atomic E-state index is -0.969. The number of hydrogen-bond donors (Lipinski definition) is 1. The highest BCUT2D eigenvalue weighted by atomic mass is 79.9. The highest BCUT2D eigenvalue weighted by Crippen LogP contribution is 2.33. The number of methoxy groups -OCH3 is 1. The molecule has 5 heteroatoms. The van der Waals surface area contributed by atoms with E-state index in [1.165, 1.54) is 24.5 Å². The van der Waals surface area contributed by atoms with E-state index < -0.39 is 5.97 Å². The Labute approximate surface area is 75.7 Å². The lowest BCUT2D eigenvalue weighted by Gasteiger charge is -1.94. The second-order valence-electron chi connectivity index (χ2n) is 1.76. The average Bonchev–Trinajstić information content (AvgIpc) is 2.30. The van der Waals surface area contributed by atoms with Gasteiger partial charge in [-0.15, -0.1) is 0 Å². The Hall–Kier alpha value is -0.550. The third-order valence-electron chi connectivity index (χ3n) is 1.08. The topological polar surface area (TPSA) is 46.5 Å². The Morgan fingerprint density at radius 1 is 1.82 bits per heavy atom. The summed E-state index contributed by atoms with van der Waals surface area (Å²) in [7, 11) is 1.45. The van der Waals surface area contributed by atoms with Gasteiger partial charge in [-0.1, -0.05) is 11.3 Å². The first-order valence-corrected chi connectivity index (χ1v) is 4.32. The molecule has 0 atom stereocenters. The fourth-order valence-corrected chi connectivity index (χ4v) is 2.01.